The van der Waals surface area contributed by atoms with Crippen LogP contribution in [0.25, 0.3) is 10.8 Å². The number of nitrogens with zero attached hydrogens (tertiary/aromatic N) is 5. The highest BCUT2D eigenvalue weighted by Gasteiger charge is 2.45. The molecule has 24 N–H and O–H groups in total. The van der Waals surface area contributed by atoms with Crippen molar-refractivity contribution < 1.29 is 71.6 Å². The monoisotopic (exact) mass is 1460 g/mol. The molecule has 562 valence electrons. The number of guanidine groups is 3. The molecule has 0 aliphatic carbocycles. The first-order chi connectivity index (χ1) is 49.4. The van der Waals surface area contributed by atoms with E-state index in [0.29, 0.717) is 24.0 Å². The number of hydrogen-bond donors (Lipinski definition) is 17. The second-order valence-corrected chi connectivity index (χ2v) is 27.2. The fourth-order valence-electron chi connectivity index (χ4n) is 12.5. The number of benzene rings is 4. The van der Waals surface area contributed by atoms with Crippen LogP contribution in [-0.2, 0) is 76.6 Å². The lowest BCUT2D eigenvalue weighted by Gasteiger charge is -2.34. The molecule has 3 saturated heterocycles. The molecule has 4 aromatic rings. The molecule has 0 aromatic heterocycles. The van der Waals surface area contributed by atoms with E-state index in [1.807, 2.05) is 36.4 Å². The largest absolute Gasteiger partial charge is 0.524 e. The maximum Gasteiger partial charge on any atom is 0.524 e. The predicted octanol–water partition coefficient (Wildman–Crippen LogP) is -3.09. The number of carbonyl (C=O) groups excluding carboxylic acids is 11. The zero-order valence-electron chi connectivity index (χ0n) is 57.9. The van der Waals surface area contributed by atoms with Crippen molar-refractivity contribution in [2.24, 2.45) is 61.0 Å². The van der Waals surface area contributed by atoms with Crippen LogP contribution in [-0.4, -0.2) is 196 Å². The third kappa shape index (κ3) is 24.7. The molecule has 4 aromatic carbocycles. The summed E-state index contributed by atoms with van der Waals surface area (Å²) in [6, 6.07) is 11.3. The summed E-state index contributed by atoms with van der Waals surface area (Å²) in [7, 11) is -5.04. The molecule has 104 heavy (non-hydrogen) atoms. The molecule has 0 spiro atoms. The highest BCUT2D eigenvalue weighted by Crippen LogP contribution is 2.37. The maximum atomic E-state index is 15.3. The number of aliphatic imine (C=N–C) groups is 3. The third-order valence-electron chi connectivity index (χ3n) is 17.7. The molecule has 11 amide bonds. The van der Waals surface area contributed by atoms with Gasteiger partial charge in [0.25, 0.3) is 0 Å². The summed E-state index contributed by atoms with van der Waals surface area (Å²) in [5.41, 5.74) is 40.9. The summed E-state index contributed by atoms with van der Waals surface area (Å²) in [6.45, 7) is 3.09. The number of primary amides is 1. The molecular formula is C68H95N20O15P. The number of rotatable bonds is 23. The number of nitrogens with two attached hydrogens (primary N) is 7. The Labute approximate surface area is 600 Å². The van der Waals surface area contributed by atoms with Gasteiger partial charge in [0, 0.05) is 52.0 Å². The Balaban J connectivity index is 1.34. The molecule has 3 fully saturated rings. The zero-order chi connectivity index (χ0) is 75.8. The number of hydrogen-bond acceptors (Lipinski definition) is 16. The Hall–Kier alpha value is -10.9. The molecule has 0 radical (unpaired) electrons. The van der Waals surface area contributed by atoms with E-state index in [4.69, 9.17) is 44.7 Å². The molecular weight excluding hydrogens is 1370 g/mol. The molecule has 0 bridgehead atoms. The second kappa shape index (κ2) is 38.4. The fourth-order valence-corrected chi connectivity index (χ4v) is 12.9. The first kappa shape index (κ1) is 80.4. The Morgan fingerprint density at radius 1 is 0.471 bits per heavy atom. The van der Waals surface area contributed by atoms with E-state index in [9.17, 15) is 47.9 Å². The Bertz CT molecular complexity index is 3870. The summed E-state index contributed by atoms with van der Waals surface area (Å²) < 4.78 is 16.5. The Morgan fingerprint density at radius 3 is 1.38 bits per heavy atom. The summed E-state index contributed by atoms with van der Waals surface area (Å²) in [5.74, 6) is -12.0. The van der Waals surface area contributed by atoms with Gasteiger partial charge in [0.1, 0.15) is 66.2 Å². The van der Waals surface area contributed by atoms with E-state index in [2.05, 4.69) is 57.5 Å². The summed E-state index contributed by atoms with van der Waals surface area (Å²) in [5, 5.41) is 23.2. The van der Waals surface area contributed by atoms with E-state index in [0.717, 1.165) is 10.8 Å². The minimum absolute atomic E-state index is 0.0130. The average molecular weight is 1460 g/mol. The van der Waals surface area contributed by atoms with E-state index >= 15 is 19.2 Å². The predicted molar refractivity (Wildman–Crippen MR) is 384 cm³/mol. The zero-order valence-corrected chi connectivity index (χ0v) is 58.8. The lowest BCUT2D eigenvalue weighted by molar-refractivity contribution is -0.148. The van der Waals surface area contributed by atoms with Gasteiger partial charge in [-0.15, -0.1) is 0 Å². The van der Waals surface area contributed by atoms with Gasteiger partial charge in [-0.25, -0.2) is 4.57 Å². The number of phosphoric ester groups is 1. The van der Waals surface area contributed by atoms with Crippen LogP contribution >= 0.6 is 7.82 Å². The second-order valence-electron chi connectivity index (χ2n) is 26.1. The fraction of sp³-hybridized carbons (Fsp3) is 0.471. The van der Waals surface area contributed by atoms with Crippen molar-refractivity contribution in [3.05, 3.63) is 114 Å². The lowest BCUT2D eigenvalue weighted by Crippen LogP contribution is -2.62. The van der Waals surface area contributed by atoms with E-state index in [-0.39, 0.29) is 126 Å². The smallest absolute Gasteiger partial charge is 0.404 e. The van der Waals surface area contributed by atoms with Crippen molar-refractivity contribution in [3.63, 3.8) is 0 Å². The molecule has 3 aliphatic rings. The molecule has 0 unspecified atom stereocenters. The summed E-state index contributed by atoms with van der Waals surface area (Å²) >= 11 is 0. The molecule has 7 rings (SSSR count). The van der Waals surface area contributed by atoms with Crippen LogP contribution < -0.4 is 87.2 Å². The molecule has 3 heterocycles. The van der Waals surface area contributed by atoms with Crippen LogP contribution in [0.3, 0.4) is 0 Å². The number of phosphoric acid groups is 1. The first-order valence-corrected chi connectivity index (χ1v) is 35.8. The standard InChI is InChI=1S/C68H95N20O15P/c1-38(2)55-63(97)85-51(37-54(69)89)60(94)83-48(34-39-13-4-3-5-14-39)59(93)84-50(36-41-22-25-42-15-6-7-16-43(42)33-41)58(92)81-47(19-10-30-78-68(74)75)64(98)88-32-12-21-53(88)65(99)87-31-11-20-52(87)62(96)80-46(18-9-29-77-67(72)73)56(90)79-45(17-8-28-76-66(70)71)57(91)82-49(61(95)86-55)35-40-23-26-44(27-24-40)103-104(100,101)102/h3-7,13-16,22-27,33,38,45-53,55H,8-12,17-21,28-32,34-37H2,1-2H3,(H2,69,89)(H,79,90)(H,80,96)(H,81,92)(H,82,91)(H,83,94)(H,84,93)(H,85,97)(H,86,95)(H4,70,71,76)(H4,72,73,77)(H4,74,75,78)(H2,100,101,102)/t45-,46-,47+,48-,49-,50-,51-,52-,53+,55-/m0/s1. The van der Waals surface area contributed by atoms with Crippen molar-refractivity contribution in [1.82, 2.24) is 52.3 Å². The number of amides is 11. The lowest BCUT2D eigenvalue weighted by atomic mass is 9.99. The molecule has 36 heteroatoms. The highest BCUT2D eigenvalue weighted by atomic mass is 31.2. The van der Waals surface area contributed by atoms with E-state index in [1.54, 1.807) is 36.4 Å². The van der Waals surface area contributed by atoms with Gasteiger partial charge in [0.15, 0.2) is 17.9 Å². The van der Waals surface area contributed by atoms with Gasteiger partial charge in [-0.1, -0.05) is 98.8 Å². The van der Waals surface area contributed by atoms with Gasteiger partial charge < -0.3 is 97.0 Å². The quantitative estimate of drug-likeness (QED) is 0.0151. The van der Waals surface area contributed by atoms with E-state index < -0.39 is 152 Å². The minimum Gasteiger partial charge on any atom is -0.404 e. The van der Waals surface area contributed by atoms with Crippen LogP contribution in [0.5, 0.6) is 5.75 Å². The van der Waals surface area contributed by atoms with Crippen LogP contribution in [0, 0.1) is 5.92 Å². The molecule has 3 aliphatic heterocycles. The van der Waals surface area contributed by atoms with E-state index in [1.165, 1.54) is 47.9 Å². The van der Waals surface area contributed by atoms with Crippen molar-refractivity contribution in [2.75, 3.05) is 32.7 Å². The summed E-state index contributed by atoms with van der Waals surface area (Å²) in [6.07, 6.45) is -1.00. The van der Waals surface area contributed by atoms with Gasteiger partial charge >= 0.3 is 7.82 Å². The van der Waals surface area contributed by atoms with Crippen LogP contribution in [0.4, 0.5) is 0 Å². The maximum absolute atomic E-state index is 15.3. The van der Waals surface area contributed by atoms with Gasteiger partial charge in [-0.3, -0.25) is 77.5 Å². The van der Waals surface area contributed by atoms with Crippen molar-refractivity contribution in [2.45, 2.75) is 164 Å². The Kier molecular flexibility index (Phi) is 29.7. The molecule has 0 saturated carbocycles. The summed E-state index contributed by atoms with van der Waals surface area (Å²) in [4.78, 5) is 197. The van der Waals surface area contributed by atoms with Crippen molar-refractivity contribution >= 4 is 101 Å². The van der Waals surface area contributed by atoms with Crippen molar-refractivity contribution in [3.8, 4) is 5.75 Å². The normalized spacial score (nSPS) is 23.1. The van der Waals surface area contributed by atoms with Gasteiger partial charge in [-0.05, 0) is 110 Å². The van der Waals surface area contributed by atoms with Gasteiger partial charge in [-0.2, -0.15) is 0 Å². The van der Waals surface area contributed by atoms with Gasteiger partial charge in [0.05, 0.1) is 6.42 Å². The number of carbonyl (C=O) groups is 11. The third-order valence-corrected chi connectivity index (χ3v) is 18.1. The SMILES string of the molecule is CC(C)[C@@H]1NC(=O)[C@H](Cc2ccc(OP(=O)(O)O)cc2)NC(=O)[C@H](CCCN=C(N)N)NC(=O)[C@H](CCCN=C(N)N)NC(=O)[C@@H]2CCCN2C(=O)[C@H]2CCCN2C(=O)[C@@H](CCCN=C(N)N)NC(=O)[C@H](Cc2ccc3ccccc3c2)NC(=O)[C@H](Cc2ccccc2)NC(=O)[C@H](CC(N)=O)NC1=O. The first-order valence-electron chi connectivity index (χ1n) is 34.3. The number of fused-ring (bicyclic) bond motifs is 3. The highest BCUT2D eigenvalue weighted by molar-refractivity contribution is 7.46. The van der Waals surface area contributed by atoms with Crippen LogP contribution in [0.15, 0.2) is 112 Å². The van der Waals surface area contributed by atoms with Crippen LogP contribution in [0.2, 0.25) is 0 Å². The van der Waals surface area contributed by atoms with Gasteiger partial charge in [0.2, 0.25) is 65.0 Å². The molecule has 10 atom stereocenters. The molecule has 35 nitrogen and oxygen atoms in total. The minimum atomic E-state index is -5.04. The van der Waals surface area contributed by atoms with Crippen LogP contribution in [0.1, 0.15) is 101 Å². The Morgan fingerprint density at radius 2 is 0.875 bits per heavy atom. The number of nitrogens with one attached hydrogen (secondary N) is 8. The average Bonchev–Trinajstić information content (AvgIpc) is 1.53. The van der Waals surface area contributed by atoms with Crippen molar-refractivity contribution in [1.29, 1.82) is 0 Å². The topological polar surface area (TPSA) is 576 Å².